The first-order chi connectivity index (χ1) is 8.48. The zero-order valence-corrected chi connectivity index (χ0v) is 11.6. The third kappa shape index (κ3) is 2.92. The van der Waals surface area contributed by atoms with Crippen LogP contribution in [0.1, 0.15) is 51.6 Å². The van der Waals surface area contributed by atoms with E-state index in [9.17, 15) is 4.79 Å². The summed E-state index contributed by atoms with van der Waals surface area (Å²) in [5.41, 5.74) is 1.22. The molecule has 0 heterocycles. The highest BCUT2D eigenvalue weighted by Crippen LogP contribution is 2.34. The fraction of sp³-hybridized carbons (Fsp3) is 0.562. The molecule has 0 bridgehead atoms. The van der Waals surface area contributed by atoms with Crippen LogP contribution in [0.5, 0.6) is 0 Å². The number of hydrogen-bond donors (Lipinski definition) is 1. The first-order valence-electron chi connectivity index (χ1n) is 6.84. The molecule has 1 fully saturated rings. The molecule has 0 saturated heterocycles. The van der Waals surface area contributed by atoms with Crippen molar-refractivity contribution in [2.75, 3.05) is 0 Å². The van der Waals surface area contributed by atoms with Gasteiger partial charge in [0.1, 0.15) is 0 Å². The largest absolute Gasteiger partial charge is 0.349 e. The lowest BCUT2D eigenvalue weighted by atomic mass is 9.80. The lowest BCUT2D eigenvalue weighted by Crippen LogP contribution is -2.41. The van der Waals surface area contributed by atoms with Crippen molar-refractivity contribution >= 4 is 5.91 Å². The Hall–Kier alpha value is -1.31. The second-order valence-corrected chi connectivity index (χ2v) is 6.35. The van der Waals surface area contributed by atoms with Crippen molar-refractivity contribution in [1.82, 2.24) is 5.32 Å². The average Bonchev–Trinajstić information content (AvgIpc) is 2.23. The normalized spacial score (nSPS) is 17.9. The Morgan fingerprint density at radius 2 is 1.83 bits per heavy atom. The van der Waals surface area contributed by atoms with Crippen LogP contribution in [0.4, 0.5) is 0 Å². The van der Waals surface area contributed by atoms with Crippen LogP contribution in [0.15, 0.2) is 30.3 Å². The van der Waals surface area contributed by atoms with Gasteiger partial charge in [-0.05, 0) is 23.8 Å². The number of rotatable bonds is 3. The summed E-state index contributed by atoms with van der Waals surface area (Å²) < 4.78 is 0. The number of nitrogens with one attached hydrogen (secondary N) is 1. The van der Waals surface area contributed by atoms with Crippen LogP contribution in [0.3, 0.4) is 0 Å². The van der Waals surface area contributed by atoms with E-state index in [4.69, 9.17) is 0 Å². The van der Waals surface area contributed by atoms with Crippen LogP contribution in [0, 0.1) is 11.3 Å². The standard InChI is InChI=1S/C16H23NO/c1-16(2,3)14(12-8-5-4-6-9-12)17-15(18)13-10-7-11-13/h4-6,8-9,13-14H,7,10-11H2,1-3H3,(H,17,18)/t14-/m1/s1. The molecule has 1 aromatic rings. The van der Waals surface area contributed by atoms with Gasteiger partial charge >= 0.3 is 0 Å². The lowest BCUT2D eigenvalue weighted by Gasteiger charge is -2.34. The van der Waals surface area contributed by atoms with E-state index in [1.54, 1.807) is 0 Å². The lowest BCUT2D eigenvalue weighted by molar-refractivity contribution is -0.129. The van der Waals surface area contributed by atoms with Gasteiger partial charge in [0.2, 0.25) is 5.91 Å². The summed E-state index contributed by atoms with van der Waals surface area (Å²) in [5.74, 6) is 0.476. The maximum atomic E-state index is 12.1. The quantitative estimate of drug-likeness (QED) is 0.864. The highest BCUT2D eigenvalue weighted by atomic mass is 16.2. The molecule has 0 radical (unpaired) electrons. The topological polar surface area (TPSA) is 29.1 Å². The van der Waals surface area contributed by atoms with Gasteiger partial charge in [-0.15, -0.1) is 0 Å². The molecule has 0 unspecified atom stereocenters. The van der Waals surface area contributed by atoms with Crippen molar-refractivity contribution in [1.29, 1.82) is 0 Å². The molecule has 1 amide bonds. The molecule has 1 aromatic carbocycles. The van der Waals surface area contributed by atoms with Crippen molar-refractivity contribution < 1.29 is 4.79 Å². The zero-order valence-electron chi connectivity index (χ0n) is 11.6. The Bertz CT molecular complexity index is 401. The van der Waals surface area contributed by atoms with E-state index in [1.807, 2.05) is 18.2 Å². The van der Waals surface area contributed by atoms with E-state index in [2.05, 4.69) is 38.2 Å². The van der Waals surface area contributed by atoms with Gasteiger partial charge in [-0.1, -0.05) is 57.5 Å². The van der Waals surface area contributed by atoms with E-state index in [0.29, 0.717) is 0 Å². The molecule has 0 aliphatic heterocycles. The van der Waals surface area contributed by atoms with Crippen molar-refractivity contribution in [3.8, 4) is 0 Å². The highest BCUT2D eigenvalue weighted by Gasteiger charge is 2.32. The molecule has 18 heavy (non-hydrogen) atoms. The molecular formula is C16H23NO. The van der Waals surface area contributed by atoms with Gasteiger partial charge in [-0.3, -0.25) is 4.79 Å². The zero-order chi connectivity index (χ0) is 13.2. The maximum Gasteiger partial charge on any atom is 0.223 e. The second kappa shape index (κ2) is 5.13. The Kier molecular flexibility index (Phi) is 3.74. The van der Waals surface area contributed by atoms with Gasteiger partial charge in [-0.25, -0.2) is 0 Å². The molecule has 98 valence electrons. The fourth-order valence-corrected chi connectivity index (χ4v) is 2.38. The molecule has 1 aliphatic rings. The molecule has 1 saturated carbocycles. The van der Waals surface area contributed by atoms with Crippen molar-refractivity contribution in [2.45, 2.75) is 46.1 Å². The van der Waals surface area contributed by atoms with E-state index >= 15 is 0 Å². The van der Waals surface area contributed by atoms with E-state index in [0.717, 1.165) is 12.8 Å². The Morgan fingerprint density at radius 3 is 2.28 bits per heavy atom. The first-order valence-corrected chi connectivity index (χ1v) is 6.84. The minimum atomic E-state index is 0.0285. The van der Waals surface area contributed by atoms with Gasteiger partial charge in [0.25, 0.3) is 0 Å². The first kappa shape index (κ1) is 13.1. The summed E-state index contributed by atoms with van der Waals surface area (Å²) in [4.78, 5) is 12.1. The highest BCUT2D eigenvalue weighted by molar-refractivity contribution is 5.79. The smallest absolute Gasteiger partial charge is 0.223 e. The van der Waals surface area contributed by atoms with Crippen LogP contribution >= 0.6 is 0 Å². The van der Waals surface area contributed by atoms with Gasteiger partial charge in [-0.2, -0.15) is 0 Å². The van der Waals surface area contributed by atoms with E-state index < -0.39 is 0 Å². The molecule has 2 nitrogen and oxygen atoms in total. The van der Waals surface area contributed by atoms with Gasteiger partial charge < -0.3 is 5.32 Å². The number of carbonyl (C=O) groups excluding carboxylic acids is 1. The minimum absolute atomic E-state index is 0.0285. The van der Waals surface area contributed by atoms with Gasteiger partial charge in [0.05, 0.1) is 6.04 Å². The number of hydrogen-bond acceptors (Lipinski definition) is 1. The molecule has 1 atom stereocenters. The Morgan fingerprint density at radius 1 is 1.22 bits per heavy atom. The number of carbonyl (C=O) groups is 1. The molecule has 1 aliphatic carbocycles. The summed E-state index contributed by atoms with van der Waals surface area (Å²) in [5, 5.41) is 3.24. The van der Waals surface area contributed by atoms with Crippen LogP contribution < -0.4 is 5.32 Å². The molecule has 0 aromatic heterocycles. The predicted molar refractivity (Wildman–Crippen MR) is 74.1 cm³/mol. The molecule has 0 spiro atoms. The van der Waals surface area contributed by atoms with Crippen LogP contribution in [0.25, 0.3) is 0 Å². The number of benzene rings is 1. The summed E-state index contributed by atoms with van der Waals surface area (Å²) in [6.45, 7) is 6.52. The maximum absolute atomic E-state index is 12.1. The molecule has 2 heteroatoms. The van der Waals surface area contributed by atoms with E-state index in [1.165, 1.54) is 12.0 Å². The second-order valence-electron chi connectivity index (χ2n) is 6.35. The fourth-order valence-electron chi connectivity index (χ4n) is 2.38. The number of amides is 1. The summed E-state index contributed by atoms with van der Waals surface area (Å²) in [6, 6.07) is 10.4. The van der Waals surface area contributed by atoms with Crippen molar-refractivity contribution in [3.63, 3.8) is 0 Å². The van der Waals surface area contributed by atoms with Crippen LogP contribution in [0.2, 0.25) is 0 Å². The molecular weight excluding hydrogens is 222 g/mol. The molecule has 1 N–H and O–H groups in total. The minimum Gasteiger partial charge on any atom is -0.349 e. The van der Waals surface area contributed by atoms with Gasteiger partial charge in [0.15, 0.2) is 0 Å². The Balaban J connectivity index is 2.13. The summed E-state index contributed by atoms with van der Waals surface area (Å²) >= 11 is 0. The van der Waals surface area contributed by atoms with Crippen molar-refractivity contribution in [2.24, 2.45) is 11.3 Å². The summed E-state index contributed by atoms with van der Waals surface area (Å²) in [6.07, 6.45) is 3.30. The predicted octanol–water partition coefficient (Wildman–Crippen LogP) is 3.69. The third-order valence-electron chi connectivity index (χ3n) is 3.76. The average molecular weight is 245 g/mol. The monoisotopic (exact) mass is 245 g/mol. The molecule has 2 rings (SSSR count). The van der Waals surface area contributed by atoms with Crippen LogP contribution in [-0.2, 0) is 4.79 Å². The van der Waals surface area contributed by atoms with Gasteiger partial charge in [0, 0.05) is 5.92 Å². The van der Waals surface area contributed by atoms with Crippen molar-refractivity contribution in [3.05, 3.63) is 35.9 Å². The summed E-state index contributed by atoms with van der Waals surface area (Å²) in [7, 11) is 0. The Labute approximate surface area is 110 Å². The third-order valence-corrected chi connectivity index (χ3v) is 3.76. The van der Waals surface area contributed by atoms with Crippen LogP contribution in [-0.4, -0.2) is 5.91 Å². The SMILES string of the molecule is CC(C)(C)[C@H](NC(=O)C1CCC1)c1ccccc1. The van der Waals surface area contributed by atoms with E-state index in [-0.39, 0.29) is 23.3 Å².